The minimum atomic E-state index is -3.47. The third-order valence-electron chi connectivity index (χ3n) is 5.32. The van der Waals surface area contributed by atoms with E-state index in [4.69, 9.17) is 0 Å². The molecule has 0 bridgehead atoms. The standard InChI is InChI=1S/C17H24N6O2S/c1-14-19-17(13-20(14)2)26(24,25)23-11-15(12-23)21-7-9-22(10-8-21)16-5-3-4-6-18-16/h3-6,13,15H,7-12H2,1-2H3. The normalized spacial score (nSPS) is 20.3. The summed E-state index contributed by atoms with van der Waals surface area (Å²) in [5, 5.41) is 0.149. The average Bonchev–Trinajstić information content (AvgIpc) is 2.95. The number of piperazine rings is 1. The second-order valence-corrected chi connectivity index (χ2v) is 8.81. The van der Waals surface area contributed by atoms with Gasteiger partial charge in [0.25, 0.3) is 10.0 Å². The predicted molar refractivity (Wildman–Crippen MR) is 98.5 cm³/mol. The molecule has 0 saturated carbocycles. The molecule has 26 heavy (non-hydrogen) atoms. The molecule has 2 aromatic rings. The van der Waals surface area contributed by atoms with Crippen molar-refractivity contribution in [2.24, 2.45) is 7.05 Å². The van der Waals surface area contributed by atoms with Crippen LogP contribution in [0.25, 0.3) is 0 Å². The summed E-state index contributed by atoms with van der Waals surface area (Å²) < 4.78 is 28.6. The Morgan fingerprint density at radius 2 is 1.85 bits per heavy atom. The molecule has 0 radical (unpaired) electrons. The van der Waals surface area contributed by atoms with Crippen LogP contribution >= 0.6 is 0 Å². The zero-order valence-electron chi connectivity index (χ0n) is 15.1. The third kappa shape index (κ3) is 3.10. The molecule has 0 amide bonds. The van der Waals surface area contributed by atoms with Gasteiger partial charge < -0.3 is 9.47 Å². The number of nitrogens with zero attached hydrogens (tertiary/aromatic N) is 6. The lowest BCUT2D eigenvalue weighted by atomic mass is 10.1. The Labute approximate surface area is 154 Å². The molecular formula is C17H24N6O2S. The highest BCUT2D eigenvalue weighted by atomic mass is 32.2. The van der Waals surface area contributed by atoms with E-state index in [0.717, 1.165) is 32.0 Å². The summed E-state index contributed by atoms with van der Waals surface area (Å²) in [6, 6.07) is 6.25. The highest BCUT2D eigenvalue weighted by Crippen LogP contribution is 2.25. The molecule has 8 nitrogen and oxygen atoms in total. The van der Waals surface area contributed by atoms with Crippen molar-refractivity contribution < 1.29 is 8.42 Å². The smallest absolute Gasteiger partial charge is 0.262 e. The van der Waals surface area contributed by atoms with Crippen LogP contribution in [0.5, 0.6) is 0 Å². The first-order chi connectivity index (χ1) is 12.4. The van der Waals surface area contributed by atoms with Gasteiger partial charge in [-0.05, 0) is 19.1 Å². The van der Waals surface area contributed by atoms with Gasteiger partial charge in [-0.15, -0.1) is 0 Å². The molecule has 0 aliphatic carbocycles. The Balaban J connectivity index is 1.33. The Morgan fingerprint density at radius 3 is 2.42 bits per heavy atom. The molecule has 2 aliphatic rings. The second-order valence-electron chi connectivity index (χ2n) is 6.92. The molecule has 0 spiro atoms. The van der Waals surface area contributed by atoms with Crippen molar-refractivity contribution in [3.63, 3.8) is 0 Å². The lowest BCUT2D eigenvalue weighted by molar-refractivity contribution is 0.0825. The van der Waals surface area contributed by atoms with E-state index >= 15 is 0 Å². The number of rotatable bonds is 4. The topological polar surface area (TPSA) is 74.6 Å². The zero-order chi connectivity index (χ0) is 18.3. The summed E-state index contributed by atoms with van der Waals surface area (Å²) in [6.07, 6.45) is 3.40. The maximum absolute atomic E-state index is 12.7. The van der Waals surface area contributed by atoms with E-state index in [0.29, 0.717) is 25.0 Å². The Hall–Kier alpha value is -1.97. The van der Waals surface area contributed by atoms with Gasteiger partial charge in [-0.1, -0.05) is 6.07 Å². The van der Waals surface area contributed by atoms with E-state index in [2.05, 4.69) is 19.8 Å². The first kappa shape index (κ1) is 17.4. The fourth-order valence-corrected chi connectivity index (χ4v) is 5.02. The summed E-state index contributed by atoms with van der Waals surface area (Å²) in [4.78, 5) is 13.2. The van der Waals surface area contributed by atoms with E-state index in [1.165, 1.54) is 4.31 Å². The highest BCUT2D eigenvalue weighted by Gasteiger charge is 2.41. The summed E-state index contributed by atoms with van der Waals surface area (Å²) in [6.45, 7) is 6.58. The molecule has 2 fully saturated rings. The number of hydrogen-bond donors (Lipinski definition) is 0. The van der Waals surface area contributed by atoms with Gasteiger partial charge in [0, 0.05) is 64.8 Å². The van der Waals surface area contributed by atoms with Crippen molar-refractivity contribution in [1.82, 2.24) is 23.7 Å². The van der Waals surface area contributed by atoms with Crippen molar-refractivity contribution >= 4 is 15.8 Å². The first-order valence-corrected chi connectivity index (χ1v) is 10.3. The lowest BCUT2D eigenvalue weighted by Gasteiger charge is -2.47. The van der Waals surface area contributed by atoms with Gasteiger partial charge in [0.05, 0.1) is 0 Å². The van der Waals surface area contributed by atoms with Crippen molar-refractivity contribution in [2.45, 2.75) is 18.0 Å². The minimum Gasteiger partial charge on any atom is -0.354 e. The molecule has 9 heteroatoms. The molecule has 2 saturated heterocycles. The number of aryl methyl sites for hydroxylation is 2. The van der Waals surface area contributed by atoms with Gasteiger partial charge in [-0.2, -0.15) is 4.31 Å². The number of hydrogen-bond acceptors (Lipinski definition) is 6. The quantitative estimate of drug-likeness (QED) is 0.765. The van der Waals surface area contributed by atoms with Crippen LogP contribution in [0.15, 0.2) is 35.6 Å². The lowest BCUT2D eigenvalue weighted by Crippen LogP contribution is -2.64. The zero-order valence-corrected chi connectivity index (χ0v) is 15.9. The van der Waals surface area contributed by atoms with Crippen LogP contribution in [0.4, 0.5) is 5.82 Å². The van der Waals surface area contributed by atoms with Crippen LogP contribution in [0, 0.1) is 6.92 Å². The summed E-state index contributed by atoms with van der Waals surface area (Å²) in [7, 11) is -1.67. The Bertz CT molecular complexity index is 848. The maximum atomic E-state index is 12.7. The summed E-state index contributed by atoms with van der Waals surface area (Å²) in [5.74, 6) is 1.71. The van der Waals surface area contributed by atoms with Crippen LogP contribution in [-0.2, 0) is 17.1 Å². The molecular weight excluding hydrogens is 352 g/mol. The molecule has 0 aromatic carbocycles. The molecule has 0 unspecified atom stereocenters. The molecule has 2 aromatic heterocycles. The third-order valence-corrected chi connectivity index (χ3v) is 7.03. The van der Waals surface area contributed by atoms with E-state index in [-0.39, 0.29) is 5.03 Å². The van der Waals surface area contributed by atoms with Gasteiger partial charge in [0.2, 0.25) is 0 Å². The Morgan fingerprint density at radius 1 is 1.12 bits per heavy atom. The van der Waals surface area contributed by atoms with E-state index in [9.17, 15) is 8.42 Å². The molecule has 140 valence electrons. The van der Waals surface area contributed by atoms with Gasteiger partial charge in [0.1, 0.15) is 11.6 Å². The molecule has 0 N–H and O–H groups in total. The van der Waals surface area contributed by atoms with Crippen LogP contribution in [0.1, 0.15) is 5.82 Å². The number of imidazole rings is 1. The fraction of sp³-hybridized carbons (Fsp3) is 0.529. The van der Waals surface area contributed by atoms with Gasteiger partial charge in [-0.25, -0.2) is 18.4 Å². The first-order valence-electron chi connectivity index (χ1n) is 8.85. The average molecular weight is 376 g/mol. The van der Waals surface area contributed by atoms with Gasteiger partial charge in [-0.3, -0.25) is 4.90 Å². The van der Waals surface area contributed by atoms with Crippen molar-refractivity contribution in [3.8, 4) is 0 Å². The fourth-order valence-electron chi connectivity index (χ4n) is 3.48. The van der Waals surface area contributed by atoms with Gasteiger partial charge >= 0.3 is 0 Å². The highest BCUT2D eigenvalue weighted by molar-refractivity contribution is 7.89. The van der Waals surface area contributed by atoms with Crippen LogP contribution in [-0.4, -0.2) is 77.5 Å². The Kier molecular flexibility index (Phi) is 4.45. The van der Waals surface area contributed by atoms with E-state index in [1.807, 2.05) is 24.4 Å². The van der Waals surface area contributed by atoms with E-state index < -0.39 is 10.0 Å². The molecule has 0 atom stereocenters. The maximum Gasteiger partial charge on any atom is 0.262 e. The molecule has 2 aliphatic heterocycles. The summed E-state index contributed by atoms with van der Waals surface area (Å²) in [5.41, 5.74) is 0. The predicted octanol–water partition coefficient (Wildman–Crippen LogP) is 0.319. The van der Waals surface area contributed by atoms with Crippen LogP contribution in [0.3, 0.4) is 0 Å². The number of aromatic nitrogens is 3. The number of anilines is 1. The SMILES string of the molecule is Cc1nc(S(=O)(=O)N2CC(N3CCN(c4ccccn4)CC3)C2)cn1C. The van der Waals surface area contributed by atoms with Crippen LogP contribution in [0.2, 0.25) is 0 Å². The van der Waals surface area contributed by atoms with Crippen molar-refractivity contribution in [3.05, 3.63) is 36.4 Å². The van der Waals surface area contributed by atoms with Crippen molar-refractivity contribution in [1.29, 1.82) is 0 Å². The second kappa shape index (κ2) is 6.64. The monoisotopic (exact) mass is 376 g/mol. The van der Waals surface area contributed by atoms with Crippen molar-refractivity contribution in [2.75, 3.05) is 44.2 Å². The molecule has 4 rings (SSSR count). The van der Waals surface area contributed by atoms with E-state index in [1.54, 1.807) is 24.7 Å². The number of pyridine rings is 1. The minimum absolute atomic E-state index is 0.149. The van der Waals surface area contributed by atoms with Crippen LogP contribution < -0.4 is 4.90 Å². The largest absolute Gasteiger partial charge is 0.354 e. The number of sulfonamides is 1. The van der Waals surface area contributed by atoms with Gasteiger partial charge in [0.15, 0.2) is 5.03 Å². The molecule has 4 heterocycles. The summed E-state index contributed by atoms with van der Waals surface area (Å²) >= 11 is 0.